The minimum absolute atomic E-state index is 0.116. The normalized spacial score (nSPS) is 11.7. The summed E-state index contributed by atoms with van der Waals surface area (Å²) in [6.07, 6.45) is 3.77. The number of anilines is 1. The number of carbonyl (C=O) groups excluding carboxylic acids is 1. The Hall–Kier alpha value is -2.40. The van der Waals surface area contributed by atoms with E-state index >= 15 is 0 Å². The molecule has 1 aromatic heterocycles. The first-order valence-electron chi connectivity index (χ1n) is 7.30. The molecule has 0 saturated heterocycles. The number of rotatable bonds is 8. The number of amides is 1. The van der Waals surface area contributed by atoms with Crippen molar-refractivity contribution < 1.29 is 9.53 Å². The van der Waals surface area contributed by atoms with Gasteiger partial charge in [0.2, 0.25) is 0 Å². The highest BCUT2D eigenvalue weighted by molar-refractivity contribution is 5.82. The number of nitrogens with one attached hydrogen (secondary N) is 2. The largest absolute Gasteiger partial charge is 0.384 e. The summed E-state index contributed by atoms with van der Waals surface area (Å²) in [6, 6.07) is 13.3. The van der Waals surface area contributed by atoms with Gasteiger partial charge in [0.1, 0.15) is 0 Å². The van der Waals surface area contributed by atoms with Crippen LogP contribution >= 0.6 is 0 Å². The Kier molecular flexibility index (Phi) is 6.39. The summed E-state index contributed by atoms with van der Waals surface area (Å²) in [5.41, 5.74) is 1.84. The summed E-state index contributed by atoms with van der Waals surface area (Å²) < 4.78 is 5.29. The molecule has 2 aromatic rings. The monoisotopic (exact) mass is 299 g/mol. The number of carbonyl (C=O) groups is 1. The molecular formula is C17H21N3O2. The first-order chi connectivity index (χ1) is 10.8. The second-order valence-electron chi connectivity index (χ2n) is 4.84. The molecule has 0 aliphatic heterocycles. The number of hydrogen-bond donors (Lipinski definition) is 2. The molecule has 0 fully saturated rings. The lowest BCUT2D eigenvalue weighted by Gasteiger charge is -2.15. The van der Waals surface area contributed by atoms with Crippen LogP contribution in [-0.2, 0) is 9.53 Å². The minimum atomic E-state index is -0.563. The minimum Gasteiger partial charge on any atom is -0.384 e. The average molecular weight is 299 g/mol. The lowest BCUT2D eigenvalue weighted by molar-refractivity contribution is -0.131. The van der Waals surface area contributed by atoms with Gasteiger partial charge in [0.15, 0.2) is 6.10 Å². The molecule has 1 atom stereocenters. The van der Waals surface area contributed by atoms with Crippen molar-refractivity contribution in [3.63, 3.8) is 0 Å². The Morgan fingerprint density at radius 3 is 2.68 bits per heavy atom. The summed E-state index contributed by atoms with van der Waals surface area (Å²) >= 11 is 0. The molecule has 5 heteroatoms. The zero-order valence-electron chi connectivity index (χ0n) is 12.7. The highest BCUT2D eigenvalue weighted by atomic mass is 16.5. The van der Waals surface area contributed by atoms with Gasteiger partial charge in [-0.3, -0.25) is 9.78 Å². The molecule has 0 aliphatic rings. The van der Waals surface area contributed by atoms with E-state index in [1.54, 1.807) is 19.5 Å². The van der Waals surface area contributed by atoms with Gasteiger partial charge in [0.05, 0.1) is 5.69 Å². The van der Waals surface area contributed by atoms with E-state index in [1.165, 1.54) is 0 Å². The molecule has 5 nitrogen and oxygen atoms in total. The highest BCUT2D eigenvalue weighted by Crippen LogP contribution is 2.15. The fourth-order valence-electron chi connectivity index (χ4n) is 2.12. The van der Waals surface area contributed by atoms with Crippen LogP contribution in [0.25, 0.3) is 0 Å². The van der Waals surface area contributed by atoms with Crippen LogP contribution in [0.2, 0.25) is 0 Å². The fraction of sp³-hybridized carbons (Fsp3) is 0.294. The van der Waals surface area contributed by atoms with Gasteiger partial charge in [-0.25, -0.2) is 0 Å². The van der Waals surface area contributed by atoms with Crippen molar-refractivity contribution in [3.05, 3.63) is 60.4 Å². The molecule has 0 unspecified atom stereocenters. The summed E-state index contributed by atoms with van der Waals surface area (Å²) in [5.74, 6) is -0.116. The Morgan fingerprint density at radius 1 is 1.18 bits per heavy atom. The number of hydrogen-bond acceptors (Lipinski definition) is 4. The van der Waals surface area contributed by atoms with Crippen molar-refractivity contribution in [3.8, 4) is 0 Å². The molecule has 0 saturated carbocycles. The van der Waals surface area contributed by atoms with Gasteiger partial charge < -0.3 is 15.4 Å². The van der Waals surface area contributed by atoms with E-state index in [-0.39, 0.29) is 5.91 Å². The lowest BCUT2D eigenvalue weighted by atomic mass is 10.1. The van der Waals surface area contributed by atoms with E-state index in [9.17, 15) is 4.79 Å². The van der Waals surface area contributed by atoms with Crippen LogP contribution in [0.3, 0.4) is 0 Å². The van der Waals surface area contributed by atoms with Crippen LogP contribution in [0.1, 0.15) is 18.1 Å². The van der Waals surface area contributed by atoms with E-state index in [0.29, 0.717) is 6.54 Å². The third kappa shape index (κ3) is 4.86. The molecule has 0 aliphatic carbocycles. The quantitative estimate of drug-likeness (QED) is 0.735. The van der Waals surface area contributed by atoms with E-state index in [2.05, 4.69) is 15.6 Å². The van der Waals surface area contributed by atoms with Gasteiger partial charge in [0.25, 0.3) is 5.91 Å². The maximum Gasteiger partial charge on any atom is 0.253 e. The molecule has 22 heavy (non-hydrogen) atoms. The highest BCUT2D eigenvalue weighted by Gasteiger charge is 2.18. The Balaban J connectivity index is 1.71. The second kappa shape index (κ2) is 8.79. The topological polar surface area (TPSA) is 63.2 Å². The molecule has 1 heterocycles. The van der Waals surface area contributed by atoms with Crippen molar-refractivity contribution in [1.29, 1.82) is 0 Å². The van der Waals surface area contributed by atoms with Crippen LogP contribution in [0, 0.1) is 0 Å². The third-order valence-corrected chi connectivity index (χ3v) is 3.22. The molecule has 116 valence electrons. The molecule has 1 amide bonds. The molecule has 0 spiro atoms. The zero-order valence-corrected chi connectivity index (χ0v) is 12.7. The number of ether oxygens (including phenoxy) is 1. The SMILES string of the molecule is CO[C@@H](C(=O)NCCCNc1cccnc1)c1ccccc1. The molecular weight excluding hydrogens is 278 g/mol. The van der Waals surface area contributed by atoms with Crippen molar-refractivity contribution >= 4 is 11.6 Å². The predicted molar refractivity (Wildman–Crippen MR) is 86.5 cm³/mol. The van der Waals surface area contributed by atoms with Crippen LogP contribution in [0.4, 0.5) is 5.69 Å². The van der Waals surface area contributed by atoms with Gasteiger partial charge in [-0.05, 0) is 24.1 Å². The standard InChI is InChI=1S/C17H21N3O2/c1-22-16(14-7-3-2-4-8-14)17(21)20-12-6-11-19-15-9-5-10-18-13-15/h2-5,7-10,13,16,19H,6,11-12H2,1H3,(H,20,21)/t16-/m1/s1. The van der Waals surface area contributed by atoms with E-state index < -0.39 is 6.10 Å². The van der Waals surface area contributed by atoms with Crippen molar-refractivity contribution in [2.75, 3.05) is 25.5 Å². The van der Waals surface area contributed by atoms with Crippen LogP contribution in [0.15, 0.2) is 54.9 Å². The Morgan fingerprint density at radius 2 is 2.00 bits per heavy atom. The van der Waals surface area contributed by atoms with Gasteiger partial charge in [-0.2, -0.15) is 0 Å². The number of pyridine rings is 1. The lowest BCUT2D eigenvalue weighted by Crippen LogP contribution is -2.31. The van der Waals surface area contributed by atoms with Crippen molar-refractivity contribution in [2.24, 2.45) is 0 Å². The Bertz CT molecular complexity index is 561. The van der Waals surface area contributed by atoms with Crippen LogP contribution in [-0.4, -0.2) is 31.1 Å². The molecule has 2 rings (SSSR count). The summed E-state index contributed by atoms with van der Waals surface area (Å²) in [5, 5.41) is 6.15. The smallest absolute Gasteiger partial charge is 0.253 e. The van der Waals surface area contributed by atoms with Gasteiger partial charge in [-0.1, -0.05) is 30.3 Å². The fourth-order valence-corrected chi connectivity index (χ4v) is 2.12. The number of methoxy groups -OCH3 is 1. The van der Waals surface area contributed by atoms with E-state index in [0.717, 1.165) is 24.2 Å². The summed E-state index contributed by atoms with van der Waals surface area (Å²) in [4.78, 5) is 16.2. The first-order valence-corrected chi connectivity index (χ1v) is 7.30. The van der Waals surface area contributed by atoms with E-state index in [4.69, 9.17) is 4.74 Å². The van der Waals surface area contributed by atoms with Crippen molar-refractivity contribution in [1.82, 2.24) is 10.3 Å². The van der Waals surface area contributed by atoms with Gasteiger partial charge >= 0.3 is 0 Å². The number of nitrogens with zero attached hydrogens (tertiary/aromatic N) is 1. The number of aromatic nitrogens is 1. The van der Waals surface area contributed by atoms with Gasteiger partial charge in [0, 0.05) is 32.6 Å². The Labute approximate surface area is 130 Å². The van der Waals surface area contributed by atoms with E-state index in [1.807, 2.05) is 42.5 Å². The second-order valence-corrected chi connectivity index (χ2v) is 4.84. The van der Waals surface area contributed by atoms with Crippen LogP contribution in [0.5, 0.6) is 0 Å². The summed E-state index contributed by atoms with van der Waals surface area (Å²) in [7, 11) is 1.54. The van der Waals surface area contributed by atoms with Gasteiger partial charge in [-0.15, -0.1) is 0 Å². The average Bonchev–Trinajstić information content (AvgIpc) is 2.57. The molecule has 1 aromatic carbocycles. The van der Waals surface area contributed by atoms with Crippen molar-refractivity contribution in [2.45, 2.75) is 12.5 Å². The maximum absolute atomic E-state index is 12.1. The molecule has 0 bridgehead atoms. The van der Waals surface area contributed by atoms with Crippen LogP contribution < -0.4 is 10.6 Å². The zero-order chi connectivity index (χ0) is 15.6. The maximum atomic E-state index is 12.1. The number of benzene rings is 1. The summed E-state index contributed by atoms with van der Waals surface area (Å²) in [6.45, 7) is 1.37. The first kappa shape index (κ1) is 16.0. The third-order valence-electron chi connectivity index (χ3n) is 3.22. The predicted octanol–water partition coefficient (Wildman–Crippen LogP) is 2.39. The molecule has 0 radical (unpaired) electrons. The molecule has 2 N–H and O–H groups in total.